The third-order valence-electron chi connectivity index (χ3n) is 6.23. The molecular weight excluding hydrogens is 414 g/mol. The standard InChI is InChI=1S/C27H39N3O3/c1-5-10-22-24(17-19(3)26(33-4)28-21-15-16-21)29-23(14-9-11-18(2)27(31)32)25(30-22)20-12-7-6-8-13-20/h6-8,10,12-13,17-19,21,26,28-30H,5,9,11,14-16H2,1-4H3,(H,31,32)/b22-10+,24-17+. The normalized spacial score (nSPS) is 21.5. The van der Waals surface area contributed by atoms with Crippen molar-refractivity contribution < 1.29 is 14.6 Å². The first-order valence-electron chi connectivity index (χ1n) is 12.2. The Bertz CT molecular complexity index is 887. The molecule has 0 amide bonds. The van der Waals surface area contributed by atoms with Gasteiger partial charge in [-0.25, -0.2) is 0 Å². The van der Waals surface area contributed by atoms with Gasteiger partial charge < -0.3 is 20.5 Å². The van der Waals surface area contributed by atoms with Gasteiger partial charge in [-0.2, -0.15) is 0 Å². The summed E-state index contributed by atoms with van der Waals surface area (Å²) in [4.78, 5) is 11.3. The topological polar surface area (TPSA) is 82.6 Å². The molecule has 6 heteroatoms. The van der Waals surface area contributed by atoms with Crippen LogP contribution in [-0.4, -0.2) is 30.5 Å². The summed E-state index contributed by atoms with van der Waals surface area (Å²) in [6.45, 7) is 6.08. The number of hydrogen-bond donors (Lipinski definition) is 4. The predicted molar refractivity (Wildman–Crippen MR) is 133 cm³/mol. The lowest BCUT2D eigenvalue weighted by molar-refractivity contribution is -0.141. The molecular formula is C27H39N3O3. The Morgan fingerprint density at radius 1 is 1.21 bits per heavy atom. The van der Waals surface area contributed by atoms with Gasteiger partial charge in [-0.05, 0) is 44.1 Å². The quantitative estimate of drug-likeness (QED) is 0.334. The van der Waals surface area contributed by atoms with Crippen LogP contribution in [0.1, 0.15) is 64.9 Å². The molecule has 3 rings (SSSR count). The molecule has 1 aromatic carbocycles. The average molecular weight is 454 g/mol. The molecule has 4 N–H and O–H groups in total. The molecule has 1 heterocycles. The van der Waals surface area contributed by atoms with Crippen molar-refractivity contribution >= 4 is 11.7 Å². The zero-order valence-electron chi connectivity index (χ0n) is 20.4. The molecule has 2 aliphatic rings. The van der Waals surface area contributed by atoms with E-state index in [4.69, 9.17) is 4.74 Å². The van der Waals surface area contributed by atoms with Gasteiger partial charge in [0.1, 0.15) is 6.23 Å². The first kappa shape index (κ1) is 25.1. The number of nitrogens with one attached hydrogen (secondary N) is 3. The third-order valence-corrected chi connectivity index (χ3v) is 6.23. The van der Waals surface area contributed by atoms with Crippen molar-refractivity contribution in [2.45, 2.75) is 71.6 Å². The lowest BCUT2D eigenvalue weighted by Crippen LogP contribution is -2.38. The summed E-state index contributed by atoms with van der Waals surface area (Å²) in [5.41, 5.74) is 5.37. The Morgan fingerprint density at radius 3 is 2.55 bits per heavy atom. The number of rotatable bonds is 12. The fraction of sp³-hybridized carbons (Fsp3) is 0.519. The Balaban J connectivity index is 1.87. The molecule has 1 aliphatic carbocycles. The maximum absolute atomic E-state index is 11.3. The summed E-state index contributed by atoms with van der Waals surface area (Å²) >= 11 is 0. The number of carboxylic acid groups (broad SMARTS) is 1. The highest BCUT2D eigenvalue weighted by molar-refractivity contribution is 5.72. The van der Waals surface area contributed by atoms with E-state index in [0.717, 1.165) is 47.6 Å². The van der Waals surface area contributed by atoms with Crippen molar-refractivity contribution in [2.75, 3.05) is 7.11 Å². The van der Waals surface area contributed by atoms with Gasteiger partial charge in [0.25, 0.3) is 0 Å². The predicted octanol–water partition coefficient (Wildman–Crippen LogP) is 4.98. The van der Waals surface area contributed by atoms with Crippen LogP contribution in [0.3, 0.4) is 0 Å². The molecule has 180 valence electrons. The summed E-state index contributed by atoms with van der Waals surface area (Å²) in [5, 5.41) is 20.2. The van der Waals surface area contributed by atoms with Crippen LogP contribution in [0, 0.1) is 11.8 Å². The molecule has 33 heavy (non-hydrogen) atoms. The fourth-order valence-electron chi connectivity index (χ4n) is 4.08. The Hall–Kier alpha value is -2.57. The van der Waals surface area contributed by atoms with Crippen LogP contribution < -0.4 is 16.0 Å². The van der Waals surface area contributed by atoms with E-state index < -0.39 is 5.97 Å². The molecule has 1 fully saturated rings. The van der Waals surface area contributed by atoms with Crippen LogP contribution in [0.15, 0.2) is 59.6 Å². The minimum absolute atomic E-state index is 0.0333. The van der Waals surface area contributed by atoms with E-state index >= 15 is 0 Å². The van der Waals surface area contributed by atoms with Crippen molar-refractivity contribution in [3.8, 4) is 0 Å². The molecule has 1 aromatic rings. The van der Waals surface area contributed by atoms with Crippen molar-refractivity contribution in [3.05, 3.63) is 65.1 Å². The molecule has 3 atom stereocenters. The number of carbonyl (C=O) groups is 1. The lowest BCUT2D eigenvalue weighted by Gasteiger charge is -2.31. The number of allylic oxidation sites excluding steroid dienone is 2. The van der Waals surface area contributed by atoms with Gasteiger partial charge in [0, 0.05) is 24.8 Å². The maximum Gasteiger partial charge on any atom is 0.306 e. The number of hydrogen-bond acceptors (Lipinski definition) is 5. The number of carboxylic acids is 1. The second kappa shape index (κ2) is 12.1. The van der Waals surface area contributed by atoms with Gasteiger partial charge in [0.05, 0.1) is 23.0 Å². The van der Waals surface area contributed by atoms with Gasteiger partial charge in [0.2, 0.25) is 0 Å². The van der Waals surface area contributed by atoms with E-state index in [1.807, 2.05) is 18.2 Å². The van der Waals surface area contributed by atoms with E-state index in [-0.39, 0.29) is 18.1 Å². The average Bonchev–Trinajstić information content (AvgIpc) is 3.63. The van der Waals surface area contributed by atoms with Crippen LogP contribution in [0.2, 0.25) is 0 Å². The van der Waals surface area contributed by atoms with Gasteiger partial charge in [-0.1, -0.05) is 63.3 Å². The summed E-state index contributed by atoms with van der Waals surface area (Å²) in [6.07, 6.45) is 9.96. The Labute approximate surface area is 198 Å². The van der Waals surface area contributed by atoms with Crippen LogP contribution in [-0.2, 0) is 9.53 Å². The smallest absolute Gasteiger partial charge is 0.306 e. The van der Waals surface area contributed by atoms with Crippen molar-refractivity contribution in [3.63, 3.8) is 0 Å². The SMILES string of the molecule is CC/C=C1/NC(c2ccccc2)=C(CCCC(C)C(=O)O)N/C1=C/C(C)C(NC1CC1)OC. The molecule has 6 nitrogen and oxygen atoms in total. The van der Waals surface area contributed by atoms with Crippen LogP contribution in [0.5, 0.6) is 0 Å². The van der Waals surface area contributed by atoms with Crippen LogP contribution >= 0.6 is 0 Å². The Morgan fingerprint density at radius 2 is 1.94 bits per heavy atom. The fourth-order valence-corrected chi connectivity index (χ4v) is 4.08. The van der Waals surface area contributed by atoms with Crippen LogP contribution in [0.25, 0.3) is 5.70 Å². The van der Waals surface area contributed by atoms with Gasteiger partial charge >= 0.3 is 5.97 Å². The highest BCUT2D eigenvalue weighted by Gasteiger charge is 2.28. The number of ether oxygens (including phenoxy) is 1. The van der Waals surface area contributed by atoms with Gasteiger partial charge in [-0.3, -0.25) is 10.1 Å². The molecule has 0 saturated heterocycles. The summed E-state index contributed by atoms with van der Waals surface area (Å²) in [7, 11) is 1.76. The highest BCUT2D eigenvalue weighted by atomic mass is 16.5. The third kappa shape index (κ3) is 7.21. The number of methoxy groups -OCH3 is 1. The number of benzene rings is 1. The molecule has 0 aromatic heterocycles. The lowest BCUT2D eigenvalue weighted by atomic mass is 9.98. The maximum atomic E-state index is 11.3. The highest BCUT2D eigenvalue weighted by Crippen LogP contribution is 2.29. The van der Waals surface area contributed by atoms with Gasteiger partial charge in [0.15, 0.2) is 0 Å². The Kier molecular flexibility index (Phi) is 9.15. The van der Waals surface area contributed by atoms with Crippen molar-refractivity contribution in [1.29, 1.82) is 0 Å². The monoisotopic (exact) mass is 453 g/mol. The van der Waals surface area contributed by atoms with E-state index in [2.05, 4.69) is 54.1 Å². The zero-order valence-corrected chi connectivity index (χ0v) is 20.4. The van der Waals surface area contributed by atoms with E-state index in [0.29, 0.717) is 12.5 Å². The molecule has 0 radical (unpaired) electrons. The van der Waals surface area contributed by atoms with E-state index in [1.165, 1.54) is 12.8 Å². The van der Waals surface area contributed by atoms with E-state index in [1.54, 1.807) is 14.0 Å². The molecule has 1 aliphatic heterocycles. The summed E-state index contributed by atoms with van der Waals surface area (Å²) in [6, 6.07) is 10.9. The minimum atomic E-state index is -0.738. The van der Waals surface area contributed by atoms with E-state index in [9.17, 15) is 9.90 Å². The minimum Gasteiger partial charge on any atom is -0.481 e. The second-order valence-electron chi connectivity index (χ2n) is 9.16. The first-order chi connectivity index (χ1) is 15.9. The molecule has 1 saturated carbocycles. The first-order valence-corrected chi connectivity index (χ1v) is 12.2. The van der Waals surface area contributed by atoms with Gasteiger partial charge in [-0.15, -0.1) is 0 Å². The van der Waals surface area contributed by atoms with Crippen molar-refractivity contribution in [1.82, 2.24) is 16.0 Å². The zero-order chi connectivity index (χ0) is 23.8. The van der Waals surface area contributed by atoms with Crippen LogP contribution in [0.4, 0.5) is 0 Å². The largest absolute Gasteiger partial charge is 0.481 e. The second-order valence-corrected chi connectivity index (χ2v) is 9.16. The van der Waals surface area contributed by atoms with Crippen molar-refractivity contribution in [2.24, 2.45) is 11.8 Å². The number of aliphatic carboxylic acids is 1. The molecule has 0 bridgehead atoms. The summed E-state index contributed by atoms with van der Waals surface area (Å²) in [5.74, 6) is -0.908. The molecule has 3 unspecified atom stereocenters. The molecule has 0 spiro atoms. The summed E-state index contributed by atoms with van der Waals surface area (Å²) < 4.78 is 5.74.